The molecule has 0 saturated carbocycles. The van der Waals surface area contributed by atoms with Gasteiger partial charge in [-0.2, -0.15) is 10.2 Å². The molecule has 0 spiro atoms. The van der Waals surface area contributed by atoms with Gasteiger partial charge in [0.05, 0.1) is 6.04 Å². The van der Waals surface area contributed by atoms with Crippen LogP contribution in [-0.2, 0) is 6.54 Å². The third-order valence-electron chi connectivity index (χ3n) is 3.04. The Morgan fingerprint density at radius 1 is 1.48 bits per heavy atom. The first kappa shape index (κ1) is 15.1. The van der Waals surface area contributed by atoms with Crippen LogP contribution in [0.15, 0.2) is 12.4 Å². The highest BCUT2D eigenvalue weighted by atomic mass is 19.3. The molecule has 0 bridgehead atoms. The lowest BCUT2D eigenvalue weighted by Gasteiger charge is -2.16. The second kappa shape index (κ2) is 6.42. The quantitative estimate of drug-likeness (QED) is 0.851. The summed E-state index contributed by atoms with van der Waals surface area (Å²) in [6.07, 6.45) is -0.683. The maximum Gasteiger partial charge on any atom is 0.279 e. The maximum absolute atomic E-state index is 12.5. The van der Waals surface area contributed by atoms with Crippen molar-refractivity contribution in [2.45, 2.75) is 39.3 Å². The number of aromatic amines is 1. The number of hydrogen-bond acceptors (Lipinski definition) is 4. The first-order valence-electron chi connectivity index (χ1n) is 6.58. The number of aryl methyl sites for hydroxylation is 1. The number of carbonyl (C=O) groups excluding carboxylic acids is 1. The van der Waals surface area contributed by atoms with Crippen molar-refractivity contribution in [1.82, 2.24) is 30.3 Å². The minimum absolute atomic E-state index is 0.0775. The fraction of sp³-hybridized carbons (Fsp3) is 0.500. The summed E-state index contributed by atoms with van der Waals surface area (Å²) in [5.41, 5.74) is -0.462. The SMILES string of the molecule is CC[C@@H](NC(=O)c1cc(C(F)F)[nH]n1)c1ncnn1CC. The summed E-state index contributed by atoms with van der Waals surface area (Å²) in [7, 11) is 0. The highest BCUT2D eigenvalue weighted by molar-refractivity contribution is 5.92. The second-order valence-corrected chi connectivity index (χ2v) is 4.38. The fourth-order valence-corrected chi connectivity index (χ4v) is 1.93. The zero-order valence-corrected chi connectivity index (χ0v) is 11.7. The monoisotopic (exact) mass is 298 g/mol. The van der Waals surface area contributed by atoms with Gasteiger partial charge in [0.25, 0.3) is 12.3 Å². The molecule has 2 heterocycles. The van der Waals surface area contributed by atoms with E-state index in [0.29, 0.717) is 18.8 Å². The fourth-order valence-electron chi connectivity index (χ4n) is 1.93. The molecular formula is C12H16F2N6O. The molecule has 0 radical (unpaired) electrons. The average Bonchev–Trinajstić information content (AvgIpc) is 3.12. The van der Waals surface area contributed by atoms with Gasteiger partial charge in [-0.15, -0.1) is 0 Å². The topological polar surface area (TPSA) is 88.5 Å². The molecule has 0 aliphatic heterocycles. The summed E-state index contributed by atoms with van der Waals surface area (Å²) in [5, 5.41) is 12.5. The van der Waals surface area contributed by atoms with Crippen LogP contribution in [0, 0.1) is 0 Å². The second-order valence-electron chi connectivity index (χ2n) is 4.38. The Kier molecular flexibility index (Phi) is 4.61. The molecular weight excluding hydrogens is 282 g/mol. The molecule has 9 heteroatoms. The van der Waals surface area contributed by atoms with Crippen molar-refractivity contribution in [2.75, 3.05) is 0 Å². The van der Waals surface area contributed by atoms with Crippen molar-refractivity contribution >= 4 is 5.91 Å². The smallest absolute Gasteiger partial charge is 0.279 e. The normalized spacial score (nSPS) is 12.6. The van der Waals surface area contributed by atoms with Gasteiger partial charge in [0.2, 0.25) is 0 Å². The van der Waals surface area contributed by atoms with E-state index >= 15 is 0 Å². The van der Waals surface area contributed by atoms with Crippen molar-refractivity contribution in [3.05, 3.63) is 29.6 Å². The molecule has 1 amide bonds. The van der Waals surface area contributed by atoms with Crippen molar-refractivity contribution in [3.63, 3.8) is 0 Å². The van der Waals surface area contributed by atoms with Crippen molar-refractivity contribution < 1.29 is 13.6 Å². The maximum atomic E-state index is 12.5. The minimum atomic E-state index is -2.69. The third kappa shape index (κ3) is 3.23. The number of nitrogens with one attached hydrogen (secondary N) is 2. The molecule has 7 nitrogen and oxygen atoms in total. The number of alkyl halides is 2. The highest BCUT2D eigenvalue weighted by Gasteiger charge is 2.21. The van der Waals surface area contributed by atoms with E-state index in [1.165, 1.54) is 6.33 Å². The van der Waals surface area contributed by atoms with Crippen molar-refractivity contribution in [1.29, 1.82) is 0 Å². The number of hydrogen-bond donors (Lipinski definition) is 2. The van der Waals surface area contributed by atoms with Gasteiger partial charge in [0.15, 0.2) is 0 Å². The van der Waals surface area contributed by atoms with E-state index in [9.17, 15) is 13.6 Å². The van der Waals surface area contributed by atoms with Gasteiger partial charge in [0, 0.05) is 6.54 Å². The molecule has 0 unspecified atom stereocenters. The summed E-state index contributed by atoms with van der Waals surface area (Å²) >= 11 is 0. The molecule has 114 valence electrons. The minimum Gasteiger partial charge on any atom is -0.341 e. The van der Waals surface area contributed by atoms with Gasteiger partial charge < -0.3 is 5.32 Å². The van der Waals surface area contributed by atoms with E-state index < -0.39 is 12.3 Å². The van der Waals surface area contributed by atoms with E-state index in [-0.39, 0.29) is 17.4 Å². The first-order valence-corrected chi connectivity index (χ1v) is 6.58. The van der Waals surface area contributed by atoms with Gasteiger partial charge in [-0.05, 0) is 19.4 Å². The van der Waals surface area contributed by atoms with Crippen LogP contribution in [0.5, 0.6) is 0 Å². The van der Waals surface area contributed by atoms with Crippen LogP contribution in [0.25, 0.3) is 0 Å². The molecule has 0 aromatic carbocycles. The molecule has 2 rings (SSSR count). The van der Waals surface area contributed by atoms with E-state index in [4.69, 9.17) is 0 Å². The summed E-state index contributed by atoms with van der Waals surface area (Å²) in [6, 6.07) is 0.684. The predicted octanol–water partition coefficient (Wildman–Crippen LogP) is 1.84. The van der Waals surface area contributed by atoms with Crippen LogP contribution in [0.1, 0.15) is 54.7 Å². The predicted molar refractivity (Wildman–Crippen MR) is 69.7 cm³/mol. The lowest BCUT2D eigenvalue weighted by molar-refractivity contribution is 0.0927. The molecule has 0 aliphatic carbocycles. The van der Waals surface area contributed by atoms with E-state index in [2.05, 4.69) is 25.6 Å². The first-order chi connectivity index (χ1) is 10.1. The van der Waals surface area contributed by atoms with Crippen LogP contribution in [0.4, 0.5) is 8.78 Å². The highest BCUT2D eigenvalue weighted by Crippen LogP contribution is 2.18. The Bertz CT molecular complexity index is 608. The number of amides is 1. The number of aromatic nitrogens is 5. The van der Waals surface area contributed by atoms with Crippen LogP contribution < -0.4 is 5.32 Å². The average molecular weight is 298 g/mol. The Hall–Kier alpha value is -2.32. The van der Waals surface area contributed by atoms with E-state index in [1.807, 2.05) is 13.8 Å². The van der Waals surface area contributed by atoms with Gasteiger partial charge in [0.1, 0.15) is 23.5 Å². The molecule has 0 aliphatic rings. The van der Waals surface area contributed by atoms with Crippen molar-refractivity contribution in [3.8, 4) is 0 Å². The number of nitrogens with zero attached hydrogens (tertiary/aromatic N) is 4. The van der Waals surface area contributed by atoms with Gasteiger partial charge in [-0.1, -0.05) is 6.92 Å². The molecule has 1 atom stereocenters. The zero-order chi connectivity index (χ0) is 15.4. The molecule has 2 aromatic rings. The van der Waals surface area contributed by atoms with E-state index in [1.54, 1.807) is 4.68 Å². The standard InChI is InChI=1S/C12H16F2N6O/c1-3-7(11-15-6-16-20(11)4-2)17-12(21)9-5-8(10(13)14)18-19-9/h5-7,10H,3-4H2,1-2H3,(H,17,21)(H,18,19)/t7-/m1/s1. The van der Waals surface area contributed by atoms with Crippen molar-refractivity contribution in [2.24, 2.45) is 0 Å². The number of carbonyl (C=O) groups is 1. The Balaban J connectivity index is 2.12. The lowest BCUT2D eigenvalue weighted by Crippen LogP contribution is -2.30. The van der Waals surface area contributed by atoms with E-state index in [0.717, 1.165) is 6.07 Å². The van der Waals surface area contributed by atoms with Crippen LogP contribution in [0.2, 0.25) is 0 Å². The van der Waals surface area contributed by atoms with Gasteiger partial charge in [-0.3, -0.25) is 9.89 Å². The van der Waals surface area contributed by atoms with Gasteiger partial charge in [-0.25, -0.2) is 18.4 Å². The van der Waals surface area contributed by atoms with Gasteiger partial charge >= 0.3 is 0 Å². The molecule has 2 aromatic heterocycles. The third-order valence-corrected chi connectivity index (χ3v) is 3.04. The van der Waals surface area contributed by atoms with Crippen LogP contribution in [-0.4, -0.2) is 30.9 Å². The lowest BCUT2D eigenvalue weighted by atomic mass is 10.2. The Morgan fingerprint density at radius 2 is 2.24 bits per heavy atom. The van der Waals surface area contributed by atoms with Crippen LogP contribution >= 0.6 is 0 Å². The molecule has 0 fully saturated rings. The largest absolute Gasteiger partial charge is 0.341 e. The molecule has 2 N–H and O–H groups in total. The summed E-state index contributed by atoms with van der Waals surface area (Å²) in [6.45, 7) is 4.42. The van der Waals surface area contributed by atoms with Crippen LogP contribution in [0.3, 0.4) is 0 Å². The number of rotatable bonds is 6. The Morgan fingerprint density at radius 3 is 2.81 bits per heavy atom. The zero-order valence-electron chi connectivity index (χ0n) is 11.7. The Labute approximate surface area is 119 Å². The summed E-state index contributed by atoms with van der Waals surface area (Å²) in [4.78, 5) is 16.2. The number of H-pyrrole nitrogens is 1. The molecule has 21 heavy (non-hydrogen) atoms. The molecule has 0 saturated heterocycles. The number of halogens is 2. The summed E-state index contributed by atoms with van der Waals surface area (Å²) in [5.74, 6) is 0.0913. The summed E-state index contributed by atoms with van der Waals surface area (Å²) < 4.78 is 26.6.